The van der Waals surface area contributed by atoms with E-state index in [1.807, 2.05) is 18.2 Å². The average molecular weight is 241 g/mol. The SMILES string of the molecule is CN1C(=O)Cc2cc(-c3cc(C=O)[nH]n3)ccc21. The quantitative estimate of drug-likeness (QED) is 0.808. The molecule has 5 heteroatoms. The summed E-state index contributed by atoms with van der Waals surface area (Å²) in [7, 11) is 1.77. The minimum atomic E-state index is 0.0951. The predicted octanol–water partition coefficient (Wildman–Crippen LogP) is 1.41. The number of nitrogens with zero attached hydrogens (tertiary/aromatic N) is 2. The maximum absolute atomic E-state index is 11.6. The van der Waals surface area contributed by atoms with E-state index in [0.29, 0.717) is 17.8 Å². The van der Waals surface area contributed by atoms with E-state index < -0.39 is 0 Å². The Labute approximate surface area is 103 Å². The van der Waals surface area contributed by atoms with Gasteiger partial charge in [-0.1, -0.05) is 6.07 Å². The normalized spacial score (nSPS) is 13.8. The first-order valence-corrected chi connectivity index (χ1v) is 5.59. The molecule has 0 unspecified atom stereocenters. The Kier molecular flexibility index (Phi) is 2.26. The van der Waals surface area contributed by atoms with Gasteiger partial charge in [-0.25, -0.2) is 0 Å². The number of benzene rings is 1. The summed E-state index contributed by atoms with van der Waals surface area (Å²) in [5.74, 6) is 0.0951. The highest BCUT2D eigenvalue weighted by molar-refractivity contribution is 6.01. The summed E-state index contributed by atoms with van der Waals surface area (Å²) >= 11 is 0. The van der Waals surface area contributed by atoms with Crippen LogP contribution in [0.1, 0.15) is 16.1 Å². The van der Waals surface area contributed by atoms with E-state index in [0.717, 1.165) is 23.1 Å². The molecule has 0 saturated carbocycles. The van der Waals surface area contributed by atoms with E-state index in [1.165, 1.54) is 0 Å². The lowest BCUT2D eigenvalue weighted by molar-refractivity contribution is -0.117. The van der Waals surface area contributed by atoms with Gasteiger partial charge < -0.3 is 4.90 Å². The number of hydrogen-bond acceptors (Lipinski definition) is 3. The van der Waals surface area contributed by atoms with Crippen LogP contribution in [0, 0.1) is 0 Å². The summed E-state index contributed by atoms with van der Waals surface area (Å²) < 4.78 is 0. The fraction of sp³-hybridized carbons (Fsp3) is 0.154. The summed E-state index contributed by atoms with van der Waals surface area (Å²) in [4.78, 5) is 23.8. The number of amides is 1. The molecule has 1 aliphatic rings. The molecule has 1 N–H and O–H groups in total. The van der Waals surface area contributed by atoms with E-state index in [9.17, 15) is 9.59 Å². The number of anilines is 1. The van der Waals surface area contributed by atoms with Crippen LogP contribution in [-0.4, -0.2) is 29.4 Å². The van der Waals surface area contributed by atoms with Crippen LogP contribution < -0.4 is 4.90 Å². The molecular formula is C13H11N3O2. The van der Waals surface area contributed by atoms with Gasteiger partial charge >= 0.3 is 0 Å². The maximum Gasteiger partial charge on any atom is 0.231 e. The van der Waals surface area contributed by atoms with Crippen molar-refractivity contribution in [3.05, 3.63) is 35.5 Å². The van der Waals surface area contributed by atoms with Crippen LogP contribution in [0.5, 0.6) is 0 Å². The minimum Gasteiger partial charge on any atom is -0.315 e. The molecule has 0 spiro atoms. The van der Waals surface area contributed by atoms with E-state index >= 15 is 0 Å². The molecule has 90 valence electrons. The van der Waals surface area contributed by atoms with Crippen molar-refractivity contribution in [2.24, 2.45) is 0 Å². The van der Waals surface area contributed by atoms with E-state index in [4.69, 9.17) is 0 Å². The van der Waals surface area contributed by atoms with Crippen LogP contribution >= 0.6 is 0 Å². The first-order valence-electron chi connectivity index (χ1n) is 5.59. The second-order valence-electron chi connectivity index (χ2n) is 4.30. The largest absolute Gasteiger partial charge is 0.315 e. The van der Waals surface area contributed by atoms with Crippen LogP contribution in [0.4, 0.5) is 5.69 Å². The maximum atomic E-state index is 11.6. The average Bonchev–Trinajstić information content (AvgIpc) is 2.95. The number of carbonyl (C=O) groups is 2. The Bertz CT molecular complexity index is 645. The van der Waals surface area contributed by atoms with Gasteiger partial charge in [-0.3, -0.25) is 14.7 Å². The van der Waals surface area contributed by atoms with E-state index in [-0.39, 0.29) is 5.91 Å². The zero-order valence-corrected chi connectivity index (χ0v) is 9.80. The first kappa shape index (κ1) is 10.7. The van der Waals surface area contributed by atoms with Crippen LogP contribution in [0.2, 0.25) is 0 Å². The molecule has 2 heterocycles. The van der Waals surface area contributed by atoms with Crippen molar-refractivity contribution < 1.29 is 9.59 Å². The fourth-order valence-corrected chi connectivity index (χ4v) is 2.17. The van der Waals surface area contributed by atoms with Gasteiger partial charge in [-0.05, 0) is 23.8 Å². The molecule has 1 amide bonds. The topological polar surface area (TPSA) is 66.1 Å². The van der Waals surface area contributed by atoms with Gasteiger partial charge in [0.05, 0.1) is 17.8 Å². The van der Waals surface area contributed by atoms with Crippen molar-refractivity contribution in [3.8, 4) is 11.3 Å². The molecule has 2 aromatic rings. The Morgan fingerprint density at radius 2 is 2.22 bits per heavy atom. The number of likely N-dealkylation sites (N-methyl/N-ethyl adjacent to an activating group) is 1. The zero-order valence-electron chi connectivity index (χ0n) is 9.80. The van der Waals surface area contributed by atoms with Gasteiger partial charge in [0.15, 0.2) is 6.29 Å². The second kappa shape index (κ2) is 3.80. The molecule has 0 fully saturated rings. The number of aromatic nitrogens is 2. The number of rotatable bonds is 2. The first-order chi connectivity index (χ1) is 8.69. The third kappa shape index (κ3) is 1.52. The molecule has 1 aromatic carbocycles. The number of hydrogen-bond donors (Lipinski definition) is 1. The monoisotopic (exact) mass is 241 g/mol. The molecule has 18 heavy (non-hydrogen) atoms. The summed E-state index contributed by atoms with van der Waals surface area (Å²) in [6.07, 6.45) is 1.14. The summed E-state index contributed by atoms with van der Waals surface area (Å²) in [6.45, 7) is 0. The molecule has 0 saturated heterocycles. The Morgan fingerprint density at radius 3 is 2.94 bits per heavy atom. The Balaban J connectivity index is 2.03. The van der Waals surface area contributed by atoms with Crippen molar-refractivity contribution in [1.29, 1.82) is 0 Å². The minimum absolute atomic E-state index is 0.0951. The van der Waals surface area contributed by atoms with Gasteiger partial charge in [0.2, 0.25) is 5.91 Å². The smallest absolute Gasteiger partial charge is 0.231 e. The molecule has 5 nitrogen and oxygen atoms in total. The third-order valence-corrected chi connectivity index (χ3v) is 3.18. The van der Waals surface area contributed by atoms with Gasteiger partial charge in [-0.15, -0.1) is 0 Å². The Morgan fingerprint density at radius 1 is 1.39 bits per heavy atom. The zero-order chi connectivity index (χ0) is 12.7. The van der Waals surface area contributed by atoms with Crippen LogP contribution in [0.15, 0.2) is 24.3 Å². The lowest BCUT2D eigenvalue weighted by Crippen LogP contribution is -2.20. The standard InChI is InChI=1S/C13H11N3O2/c1-16-12-3-2-8(4-9(12)5-13(16)18)11-6-10(7-17)14-15-11/h2-4,6-7H,5H2,1H3,(H,14,15). The molecule has 0 radical (unpaired) electrons. The third-order valence-electron chi connectivity index (χ3n) is 3.18. The second-order valence-corrected chi connectivity index (χ2v) is 4.30. The Hall–Kier alpha value is -2.43. The number of H-pyrrole nitrogens is 1. The highest BCUT2D eigenvalue weighted by Gasteiger charge is 2.24. The number of carbonyl (C=O) groups excluding carboxylic acids is 2. The number of fused-ring (bicyclic) bond motifs is 1. The molecule has 1 aliphatic heterocycles. The fourth-order valence-electron chi connectivity index (χ4n) is 2.17. The van der Waals surface area contributed by atoms with E-state index in [2.05, 4.69) is 10.2 Å². The van der Waals surface area contributed by atoms with Crippen LogP contribution in [0.25, 0.3) is 11.3 Å². The van der Waals surface area contributed by atoms with Crippen molar-refractivity contribution in [2.45, 2.75) is 6.42 Å². The lowest BCUT2D eigenvalue weighted by Gasteiger charge is -2.09. The van der Waals surface area contributed by atoms with Crippen LogP contribution in [0.3, 0.4) is 0 Å². The number of aldehydes is 1. The molecule has 0 bridgehead atoms. The van der Waals surface area contributed by atoms with Gasteiger partial charge in [0, 0.05) is 18.3 Å². The van der Waals surface area contributed by atoms with Gasteiger partial charge in [-0.2, -0.15) is 5.10 Å². The highest BCUT2D eigenvalue weighted by atomic mass is 16.2. The van der Waals surface area contributed by atoms with Crippen molar-refractivity contribution in [3.63, 3.8) is 0 Å². The predicted molar refractivity (Wildman–Crippen MR) is 66.5 cm³/mol. The molecule has 0 aliphatic carbocycles. The molecule has 1 aromatic heterocycles. The lowest BCUT2D eigenvalue weighted by atomic mass is 10.1. The van der Waals surface area contributed by atoms with Crippen molar-refractivity contribution in [2.75, 3.05) is 11.9 Å². The van der Waals surface area contributed by atoms with Crippen molar-refractivity contribution in [1.82, 2.24) is 10.2 Å². The van der Waals surface area contributed by atoms with Crippen molar-refractivity contribution >= 4 is 17.9 Å². The van der Waals surface area contributed by atoms with Gasteiger partial charge in [0.25, 0.3) is 0 Å². The molecular weight excluding hydrogens is 230 g/mol. The van der Waals surface area contributed by atoms with E-state index in [1.54, 1.807) is 18.0 Å². The highest BCUT2D eigenvalue weighted by Crippen LogP contribution is 2.31. The number of aromatic amines is 1. The number of nitrogens with one attached hydrogen (secondary N) is 1. The molecule has 3 rings (SSSR count). The van der Waals surface area contributed by atoms with Crippen LogP contribution in [-0.2, 0) is 11.2 Å². The summed E-state index contributed by atoms with van der Waals surface area (Å²) in [5.41, 5.74) is 3.99. The van der Waals surface area contributed by atoms with Gasteiger partial charge in [0.1, 0.15) is 0 Å². The summed E-state index contributed by atoms with van der Waals surface area (Å²) in [6, 6.07) is 7.44. The summed E-state index contributed by atoms with van der Waals surface area (Å²) in [5, 5.41) is 6.71. The molecule has 0 atom stereocenters.